The van der Waals surface area contributed by atoms with Gasteiger partial charge in [0, 0.05) is 19.7 Å². The van der Waals surface area contributed by atoms with Crippen molar-refractivity contribution < 1.29 is 22.4 Å². The van der Waals surface area contributed by atoms with E-state index in [0.717, 1.165) is 4.31 Å². The molecule has 138 valence electrons. The maximum absolute atomic E-state index is 12.5. The fourth-order valence-corrected chi connectivity index (χ4v) is 3.08. The molecule has 0 atom stereocenters. The third-order valence-corrected chi connectivity index (χ3v) is 4.99. The topological polar surface area (TPSA) is 121 Å². The zero-order chi connectivity index (χ0) is 19.2. The molecule has 10 heteroatoms. The van der Waals surface area contributed by atoms with Crippen molar-refractivity contribution >= 4 is 33.7 Å². The number of benzene rings is 1. The molecule has 0 spiro atoms. The molecule has 0 aliphatic carbocycles. The molecular weight excluding hydrogens is 360 g/mol. The van der Waals surface area contributed by atoms with Crippen LogP contribution in [0.4, 0.5) is 5.69 Å². The standard InChI is InChI=1S/C16H18N4O5S/c1-12(21)18-13-5-7-15(8-6-13)26(23,24)20(2)11-16(22)19-17-10-14-4-3-9-25-14/h3-10H,11H2,1-2H3,(H,18,21)(H,19,22)/b17-10+. The van der Waals surface area contributed by atoms with E-state index < -0.39 is 22.5 Å². The van der Waals surface area contributed by atoms with E-state index in [1.165, 1.54) is 50.7 Å². The van der Waals surface area contributed by atoms with Gasteiger partial charge in [0.2, 0.25) is 15.9 Å². The zero-order valence-corrected chi connectivity index (χ0v) is 15.0. The average Bonchev–Trinajstić information content (AvgIpc) is 3.08. The van der Waals surface area contributed by atoms with Gasteiger partial charge in [-0.25, -0.2) is 13.8 Å². The summed E-state index contributed by atoms with van der Waals surface area (Å²) in [4.78, 5) is 22.8. The van der Waals surface area contributed by atoms with E-state index in [-0.39, 0.29) is 10.8 Å². The molecule has 0 radical (unpaired) electrons. The average molecular weight is 378 g/mol. The number of amides is 2. The van der Waals surface area contributed by atoms with Crippen LogP contribution in [0.5, 0.6) is 0 Å². The molecule has 0 saturated carbocycles. The minimum atomic E-state index is -3.86. The summed E-state index contributed by atoms with van der Waals surface area (Å²) in [6, 6.07) is 8.96. The molecule has 9 nitrogen and oxygen atoms in total. The lowest BCUT2D eigenvalue weighted by Gasteiger charge is -2.16. The van der Waals surface area contributed by atoms with E-state index in [4.69, 9.17) is 4.42 Å². The van der Waals surface area contributed by atoms with Crippen LogP contribution in [0.2, 0.25) is 0 Å². The first-order valence-electron chi connectivity index (χ1n) is 7.48. The largest absolute Gasteiger partial charge is 0.463 e. The number of nitrogens with zero attached hydrogens (tertiary/aromatic N) is 2. The van der Waals surface area contributed by atoms with Crippen LogP contribution in [-0.4, -0.2) is 44.3 Å². The van der Waals surface area contributed by atoms with Gasteiger partial charge >= 0.3 is 0 Å². The van der Waals surface area contributed by atoms with Crippen LogP contribution in [0.15, 0.2) is 57.1 Å². The van der Waals surface area contributed by atoms with Crippen molar-refractivity contribution in [2.45, 2.75) is 11.8 Å². The summed E-state index contributed by atoms with van der Waals surface area (Å²) < 4.78 is 30.8. The first kappa shape index (κ1) is 19.3. The zero-order valence-electron chi connectivity index (χ0n) is 14.2. The summed E-state index contributed by atoms with van der Waals surface area (Å²) in [5.41, 5.74) is 2.70. The molecule has 2 N–H and O–H groups in total. The van der Waals surface area contributed by atoms with Crippen molar-refractivity contribution in [3.8, 4) is 0 Å². The van der Waals surface area contributed by atoms with Crippen molar-refractivity contribution in [2.75, 3.05) is 18.9 Å². The van der Waals surface area contributed by atoms with Crippen LogP contribution >= 0.6 is 0 Å². The molecule has 0 bridgehead atoms. The normalized spacial score (nSPS) is 11.7. The maximum Gasteiger partial charge on any atom is 0.255 e. The highest BCUT2D eigenvalue weighted by atomic mass is 32.2. The molecule has 2 rings (SSSR count). The van der Waals surface area contributed by atoms with Gasteiger partial charge in [0.15, 0.2) is 0 Å². The predicted molar refractivity (Wildman–Crippen MR) is 95.0 cm³/mol. The molecule has 0 aliphatic heterocycles. The van der Waals surface area contributed by atoms with E-state index in [2.05, 4.69) is 15.8 Å². The number of rotatable bonds is 7. The van der Waals surface area contributed by atoms with Gasteiger partial charge < -0.3 is 9.73 Å². The Hall–Kier alpha value is -2.98. The monoisotopic (exact) mass is 378 g/mol. The Bertz CT molecular complexity index is 889. The SMILES string of the molecule is CC(=O)Nc1ccc(S(=O)(=O)N(C)CC(=O)N/N=C/c2ccco2)cc1. The number of carbonyl (C=O) groups excluding carboxylic acids is 2. The van der Waals surface area contributed by atoms with Crippen molar-refractivity contribution in [1.82, 2.24) is 9.73 Å². The number of nitrogens with one attached hydrogen (secondary N) is 2. The molecule has 0 saturated heterocycles. The Labute approximate surface area is 150 Å². The second-order valence-electron chi connectivity index (χ2n) is 5.28. The van der Waals surface area contributed by atoms with Crippen molar-refractivity contribution in [2.24, 2.45) is 5.10 Å². The van der Waals surface area contributed by atoms with Gasteiger partial charge in [-0.1, -0.05) is 0 Å². The second kappa shape index (κ2) is 8.41. The van der Waals surface area contributed by atoms with Gasteiger partial charge in [-0.3, -0.25) is 9.59 Å². The summed E-state index contributed by atoms with van der Waals surface area (Å²) in [7, 11) is -2.57. The first-order chi connectivity index (χ1) is 12.3. The van der Waals surface area contributed by atoms with Gasteiger partial charge in [0.05, 0.1) is 23.9 Å². The fraction of sp³-hybridized carbons (Fsp3) is 0.188. The van der Waals surface area contributed by atoms with Gasteiger partial charge in [0.1, 0.15) is 5.76 Å². The molecule has 0 unspecified atom stereocenters. The Morgan fingerprint density at radius 2 is 1.92 bits per heavy atom. The number of hydrogen-bond donors (Lipinski definition) is 2. The Morgan fingerprint density at radius 3 is 2.50 bits per heavy atom. The summed E-state index contributed by atoms with van der Waals surface area (Å²) >= 11 is 0. The maximum atomic E-state index is 12.5. The molecule has 0 aliphatic rings. The molecule has 26 heavy (non-hydrogen) atoms. The van der Waals surface area contributed by atoms with E-state index in [1.54, 1.807) is 12.1 Å². The third-order valence-electron chi connectivity index (χ3n) is 3.17. The Balaban J connectivity index is 1.97. The van der Waals surface area contributed by atoms with Gasteiger partial charge in [0.25, 0.3) is 5.91 Å². The number of hydrazone groups is 1. The van der Waals surface area contributed by atoms with Crippen molar-refractivity contribution in [3.63, 3.8) is 0 Å². The number of hydrogen-bond acceptors (Lipinski definition) is 6. The molecule has 1 aromatic carbocycles. The lowest BCUT2D eigenvalue weighted by Crippen LogP contribution is -2.36. The predicted octanol–water partition coefficient (Wildman–Crippen LogP) is 1.01. The highest BCUT2D eigenvalue weighted by Gasteiger charge is 2.22. The molecule has 1 heterocycles. The smallest absolute Gasteiger partial charge is 0.255 e. The highest BCUT2D eigenvalue weighted by molar-refractivity contribution is 7.89. The number of likely N-dealkylation sites (N-methyl/N-ethyl adjacent to an activating group) is 1. The van der Waals surface area contributed by atoms with Gasteiger partial charge in [-0.15, -0.1) is 0 Å². The van der Waals surface area contributed by atoms with E-state index in [1.807, 2.05) is 0 Å². The first-order valence-corrected chi connectivity index (χ1v) is 8.92. The lowest BCUT2D eigenvalue weighted by molar-refractivity contribution is -0.121. The van der Waals surface area contributed by atoms with E-state index >= 15 is 0 Å². The van der Waals surface area contributed by atoms with Crippen molar-refractivity contribution in [3.05, 3.63) is 48.4 Å². The molecule has 0 fully saturated rings. The third kappa shape index (κ3) is 5.26. The summed E-state index contributed by atoms with van der Waals surface area (Å²) in [5, 5.41) is 6.23. The fourth-order valence-electron chi connectivity index (χ4n) is 1.95. The number of furan rings is 1. The van der Waals surface area contributed by atoms with Crippen LogP contribution in [-0.2, 0) is 19.6 Å². The van der Waals surface area contributed by atoms with E-state index in [9.17, 15) is 18.0 Å². The van der Waals surface area contributed by atoms with Crippen LogP contribution < -0.4 is 10.7 Å². The summed E-state index contributed by atoms with van der Waals surface area (Å²) in [6.07, 6.45) is 2.76. The van der Waals surface area contributed by atoms with Gasteiger partial charge in [-0.2, -0.15) is 9.41 Å². The number of carbonyl (C=O) groups is 2. The Morgan fingerprint density at radius 1 is 1.23 bits per heavy atom. The van der Waals surface area contributed by atoms with Crippen LogP contribution in [0.3, 0.4) is 0 Å². The number of sulfonamides is 1. The summed E-state index contributed by atoms with van der Waals surface area (Å²) in [5.74, 6) is -0.413. The van der Waals surface area contributed by atoms with Crippen molar-refractivity contribution in [1.29, 1.82) is 0 Å². The second-order valence-corrected chi connectivity index (χ2v) is 7.32. The molecule has 2 aromatic rings. The lowest BCUT2D eigenvalue weighted by atomic mass is 10.3. The Kier molecular flexibility index (Phi) is 6.26. The van der Waals surface area contributed by atoms with Crippen LogP contribution in [0, 0.1) is 0 Å². The minimum absolute atomic E-state index is 0.000916. The quantitative estimate of drug-likeness (QED) is 0.550. The minimum Gasteiger partial charge on any atom is -0.463 e. The highest BCUT2D eigenvalue weighted by Crippen LogP contribution is 2.17. The van der Waals surface area contributed by atoms with Crippen LogP contribution in [0.25, 0.3) is 0 Å². The molecular formula is C16H18N4O5S. The van der Waals surface area contributed by atoms with E-state index in [0.29, 0.717) is 11.4 Å². The van der Waals surface area contributed by atoms with Crippen LogP contribution in [0.1, 0.15) is 12.7 Å². The number of anilines is 1. The molecule has 1 aromatic heterocycles. The molecule has 2 amide bonds. The van der Waals surface area contributed by atoms with Gasteiger partial charge in [-0.05, 0) is 36.4 Å². The summed E-state index contributed by atoms with van der Waals surface area (Å²) in [6.45, 7) is 0.941.